The van der Waals surface area contributed by atoms with Gasteiger partial charge in [-0.1, -0.05) is 83.9 Å². The Morgan fingerprint density at radius 2 is 1.16 bits per heavy atom. The zero-order valence-electron chi connectivity index (χ0n) is 39.3. The number of aryl methyl sites for hydroxylation is 7. The molecule has 1 saturated carbocycles. The number of fused-ring (bicyclic) bond motifs is 3. The topological polar surface area (TPSA) is 11.6 Å². The second kappa shape index (κ2) is 16.6. The molecule has 2 atom stereocenters. The average Bonchev–Trinajstić information content (AvgIpc) is 3.75. The summed E-state index contributed by atoms with van der Waals surface area (Å²) in [5.41, 5.74) is 21.3. The zero-order valence-corrected chi connectivity index (χ0v) is 39.3. The standard InChI is InChI=1S/C61H62N3/c1-38-28-41(4)44(7)55(30-38)59-58-35-51(23-22-49(58)24-26-62(59)9)50-21-19-46(33-50)36-63-27-25-48-20-18-47(34-57(48)60(63)56-31-39(2)29-42(5)45(56)8)37-64-43(6)32-52-15-11-13-17-54(52)61(64)53-16-12-10-14-40(53)3/h10-18,20,22-32,34-35,46,50H,19,21,33,36-37H2,1-9H3/q+3. The van der Waals surface area contributed by atoms with Crippen molar-refractivity contribution in [3.63, 3.8) is 0 Å². The van der Waals surface area contributed by atoms with E-state index < -0.39 is 0 Å². The maximum atomic E-state index is 2.62. The largest absolute Gasteiger partial charge is 0.221 e. The molecule has 318 valence electrons. The molecular formula is C61H62N3+3. The van der Waals surface area contributed by atoms with Crippen molar-refractivity contribution in [2.75, 3.05) is 0 Å². The summed E-state index contributed by atoms with van der Waals surface area (Å²) in [6.07, 6.45) is 8.25. The lowest BCUT2D eigenvalue weighted by molar-refractivity contribution is -0.691. The number of hydrogen-bond donors (Lipinski definition) is 0. The summed E-state index contributed by atoms with van der Waals surface area (Å²) in [5.74, 6) is 1.12. The van der Waals surface area contributed by atoms with Crippen LogP contribution >= 0.6 is 0 Å². The van der Waals surface area contributed by atoms with Crippen molar-refractivity contribution < 1.29 is 13.7 Å². The van der Waals surface area contributed by atoms with Crippen LogP contribution in [0.3, 0.4) is 0 Å². The predicted molar refractivity (Wildman–Crippen MR) is 267 cm³/mol. The Kier molecular flexibility index (Phi) is 10.8. The van der Waals surface area contributed by atoms with Crippen molar-refractivity contribution in [2.24, 2.45) is 13.0 Å². The summed E-state index contributed by atoms with van der Waals surface area (Å²) in [7, 11) is 2.20. The van der Waals surface area contributed by atoms with Crippen molar-refractivity contribution in [3.05, 3.63) is 196 Å². The van der Waals surface area contributed by atoms with E-state index in [9.17, 15) is 0 Å². The molecule has 0 aliphatic heterocycles. The third-order valence-electron chi connectivity index (χ3n) is 14.9. The summed E-state index contributed by atoms with van der Waals surface area (Å²) >= 11 is 0. The van der Waals surface area contributed by atoms with Crippen molar-refractivity contribution in [3.8, 4) is 33.8 Å². The van der Waals surface area contributed by atoms with Crippen LogP contribution in [0.1, 0.15) is 80.9 Å². The van der Waals surface area contributed by atoms with Gasteiger partial charge in [0.1, 0.15) is 7.05 Å². The molecule has 0 amide bonds. The first-order valence-electron chi connectivity index (χ1n) is 23.4. The molecule has 2 unspecified atom stereocenters. The fourth-order valence-electron chi connectivity index (χ4n) is 11.2. The second-order valence-corrected chi connectivity index (χ2v) is 19.4. The van der Waals surface area contributed by atoms with Gasteiger partial charge in [0, 0.05) is 42.2 Å². The zero-order chi connectivity index (χ0) is 44.4. The molecule has 0 saturated heterocycles. The van der Waals surface area contributed by atoms with Gasteiger partial charge in [0.05, 0.1) is 27.3 Å². The molecule has 3 aromatic heterocycles. The van der Waals surface area contributed by atoms with Gasteiger partial charge in [0.25, 0.3) is 0 Å². The molecule has 0 N–H and O–H groups in total. The van der Waals surface area contributed by atoms with Gasteiger partial charge in [0.15, 0.2) is 31.2 Å². The first-order chi connectivity index (χ1) is 30.9. The van der Waals surface area contributed by atoms with Gasteiger partial charge in [-0.2, -0.15) is 9.13 Å². The van der Waals surface area contributed by atoms with Crippen LogP contribution in [0.15, 0.2) is 140 Å². The Labute approximate surface area is 380 Å². The van der Waals surface area contributed by atoms with Crippen LogP contribution in [0.25, 0.3) is 66.1 Å². The van der Waals surface area contributed by atoms with E-state index in [4.69, 9.17) is 0 Å². The molecule has 9 aromatic rings. The van der Waals surface area contributed by atoms with Crippen LogP contribution in [-0.4, -0.2) is 0 Å². The third kappa shape index (κ3) is 7.49. The first kappa shape index (κ1) is 41.6. The van der Waals surface area contributed by atoms with Crippen LogP contribution in [-0.2, 0) is 20.1 Å². The summed E-state index contributed by atoms with van der Waals surface area (Å²) in [4.78, 5) is 0. The minimum Gasteiger partial charge on any atom is -0.200 e. The molecule has 3 nitrogen and oxygen atoms in total. The summed E-state index contributed by atoms with van der Waals surface area (Å²) < 4.78 is 7.49. The molecule has 64 heavy (non-hydrogen) atoms. The molecule has 6 aromatic carbocycles. The quantitative estimate of drug-likeness (QED) is 0.135. The van der Waals surface area contributed by atoms with Crippen molar-refractivity contribution in [2.45, 2.75) is 93.7 Å². The van der Waals surface area contributed by atoms with Crippen LogP contribution in [0, 0.1) is 61.3 Å². The van der Waals surface area contributed by atoms with Gasteiger partial charge in [-0.05, 0) is 160 Å². The number of rotatable bonds is 8. The van der Waals surface area contributed by atoms with E-state index in [1.54, 1.807) is 0 Å². The lowest BCUT2D eigenvalue weighted by Crippen LogP contribution is -2.41. The number of hydrogen-bond acceptors (Lipinski definition) is 0. The minimum absolute atomic E-state index is 0.539. The van der Waals surface area contributed by atoms with Crippen LogP contribution in [0.5, 0.6) is 0 Å². The van der Waals surface area contributed by atoms with Gasteiger partial charge in [-0.15, -0.1) is 0 Å². The van der Waals surface area contributed by atoms with Crippen LogP contribution < -0.4 is 13.7 Å². The highest BCUT2D eigenvalue weighted by atomic mass is 15.0. The summed E-state index contributed by atoms with van der Waals surface area (Å²) in [6.45, 7) is 19.9. The lowest BCUT2D eigenvalue weighted by atomic mass is 9.90. The van der Waals surface area contributed by atoms with Gasteiger partial charge >= 0.3 is 0 Å². The number of aromatic nitrogens is 3. The number of nitrogens with zero attached hydrogens (tertiary/aromatic N) is 3. The fraction of sp³-hybridized carbons (Fsp3) is 0.262. The summed E-state index contributed by atoms with van der Waals surface area (Å²) in [5, 5.41) is 7.85. The minimum atomic E-state index is 0.539. The Bertz CT molecular complexity index is 3320. The molecule has 3 heterocycles. The van der Waals surface area contributed by atoms with E-state index in [-0.39, 0.29) is 0 Å². The van der Waals surface area contributed by atoms with E-state index >= 15 is 0 Å². The molecule has 0 bridgehead atoms. The van der Waals surface area contributed by atoms with E-state index in [0.717, 1.165) is 13.1 Å². The molecule has 10 rings (SSSR count). The highest BCUT2D eigenvalue weighted by Crippen LogP contribution is 2.41. The molecule has 1 fully saturated rings. The van der Waals surface area contributed by atoms with Crippen LogP contribution in [0.2, 0.25) is 0 Å². The molecule has 0 radical (unpaired) electrons. The van der Waals surface area contributed by atoms with E-state index in [2.05, 4.69) is 216 Å². The van der Waals surface area contributed by atoms with Gasteiger partial charge < -0.3 is 0 Å². The van der Waals surface area contributed by atoms with Crippen molar-refractivity contribution in [1.82, 2.24) is 0 Å². The average molecular weight is 837 g/mol. The Morgan fingerprint density at radius 1 is 0.500 bits per heavy atom. The smallest absolute Gasteiger partial charge is 0.200 e. The summed E-state index contributed by atoms with van der Waals surface area (Å²) in [6, 6.07) is 48.7. The molecule has 3 heteroatoms. The highest BCUT2D eigenvalue weighted by Gasteiger charge is 2.32. The van der Waals surface area contributed by atoms with Gasteiger partial charge in [0.2, 0.25) is 17.1 Å². The van der Waals surface area contributed by atoms with E-state index in [0.29, 0.717) is 11.8 Å². The van der Waals surface area contributed by atoms with Gasteiger partial charge in [-0.3, -0.25) is 0 Å². The van der Waals surface area contributed by atoms with Gasteiger partial charge in [-0.25, -0.2) is 4.57 Å². The maximum Gasteiger partial charge on any atom is 0.221 e. The monoisotopic (exact) mass is 836 g/mol. The molecule has 1 aliphatic carbocycles. The normalized spacial score (nSPS) is 15.2. The van der Waals surface area contributed by atoms with Crippen molar-refractivity contribution in [1.29, 1.82) is 0 Å². The first-order valence-corrected chi connectivity index (χ1v) is 23.4. The van der Waals surface area contributed by atoms with Crippen molar-refractivity contribution >= 4 is 32.3 Å². The lowest BCUT2D eigenvalue weighted by Gasteiger charge is -2.16. The van der Waals surface area contributed by atoms with E-state index in [1.807, 2.05) is 0 Å². The van der Waals surface area contributed by atoms with Crippen LogP contribution in [0.4, 0.5) is 0 Å². The SMILES string of the molecule is Cc1cc(C)c(C)c(-c2c3cc(C4CCC(C[n+]5ccc6ccc(C[n+]7c(C)cc8ccccc8c7-c7ccccc7C)cc6c5-c5cc(C)cc(C)c5C)C4)ccc3cc[n+]2C)c1. The molecule has 0 spiro atoms. The number of benzene rings is 6. The van der Waals surface area contributed by atoms with E-state index in [1.165, 1.54) is 141 Å². The maximum absolute atomic E-state index is 2.62. The Morgan fingerprint density at radius 3 is 1.91 bits per heavy atom. The molecule has 1 aliphatic rings. The third-order valence-corrected chi connectivity index (χ3v) is 14.9. The fourth-order valence-corrected chi connectivity index (χ4v) is 11.2. The Hall–Kier alpha value is -6.45. The number of pyridine rings is 3. The second-order valence-electron chi connectivity index (χ2n) is 19.4. The Balaban J connectivity index is 1.04. The highest BCUT2D eigenvalue weighted by molar-refractivity contribution is 5.96. The predicted octanol–water partition coefficient (Wildman–Crippen LogP) is 13.6. The molecular weight excluding hydrogens is 775 g/mol.